The van der Waals surface area contributed by atoms with Crippen LogP contribution in [0.5, 0.6) is 5.88 Å². The summed E-state index contributed by atoms with van der Waals surface area (Å²) < 4.78 is 10.3. The average molecular weight is 344 g/mol. The number of ether oxygens (including phenoxy) is 1. The highest BCUT2D eigenvalue weighted by molar-refractivity contribution is 5.45. The molecule has 0 amide bonds. The van der Waals surface area contributed by atoms with Crippen LogP contribution in [-0.4, -0.2) is 57.3 Å². The van der Waals surface area contributed by atoms with E-state index in [1.54, 1.807) is 13.4 Å². The highest BCUT2D eigenvalue weighted by Crippen LogP contribution is 2.36. The van der Waals surface area contributed by atoms with Crippen molar-refractivity contribution in [3.8, 4) is 5.88 Å². The van der Waals surface area contributed by atoms with Crippen LogP contribution >= 0.6 is 0 Å². The molecule has 1 saturated heterocycles. The van der Waals surface area contributed by atoms with E-state index in [1.165, 1.54) is 12.8 Å². The van der Waals surface area contributed by atoms with Crippen molar-refractivity contribution >= 4 is 5.82 Å². The smallest absolute Gasteiger partial charge is 0.223 e. The van der Waals surface area contributed by atoms with Gasteiger partial charge in [-0.25, -0.2) is 9.97 Å². The molecule has 0 N–H and O–H groups in total. The molecule has 0 spiro atoms. The van der Waals surface area contributed by atoms with Gasteiger partial charge in [0.1, 0.15) is 12.1 Å². The third kappa shape index (κ3) is 3.73. The lowest BCUT2D eigenvalue weighted by molar-refractivity contribution is 0.194. The van der Waals surface area contributed by atoms with Gasteiger partial charge in [-0.2, -0.15) is 4.98 Å². The zero-order valence-corrected chi connectivity index (χ0v) is 14.8. The maximum atomic E-state index is 5.27. The molecule has 4 rings (SSSR count). The van der Waals surface area contributed by atoms with Gasteiger partial charge in [-0.15, -0.1) is 0 Å². The molecule has 0 bridgehead atoms. The van der Waals surface area contributed by atoms with Crippen molar-refractivity contribution in [2.24, 2.45) is 0 Å². The fourth-order valence-corrected chi connectivity index (χ4v) is 3.57. The SMILES string of the molecule is COc1cc(N(C2CC2)C2CCN(Cc3noc(C)n3)CC2)ncn1. The van der Waals surface area contributed by atoms with Crippen LogP contribution in [0.15, 0.2) is 16.9 Å². The van der Waals surface area contributed by atoms with Gasteiger partial charge >= 0.3 is 0 Å². The third-order valence-corrected chi connectivity index (χ3v) is 4.93. The standard InChI is InChI=1S/C17H24N6O2/c1-12-20-15(21-25-12)10-22-7-5-14(6-8-22)23(13-3-4-13)16-9-17(24-2)19-11-18-16/h9,11,13-14H,3-8,10H2,1-2H3. The zero-order valence-electron chi connectivity index (χ0n) is 14.8. The number of rotatable bonds is 6. The summed E-state index contributed by atoms with van der Waals surface area (Å²) >= 11 is 0. The summed E-state index contributed by atoms with van der Waals surface area (Å²) in [5, 5.41) is 4.00. The molecule has 25 heavy (non-hydrogen) atoms. The average Bonchev–Trinajstić information content (AvgIpc) is 3.38. The molecule has 0 aromatic carbocycles. The van der Waals surface area contributed by atoms with Crippen LogP contribution < -0.4 is 9.64 Å². The Morgan fingerprint density at radius 3 is 2.60 bits per heavy atom. The number of likely N-dealkylation sites (tertiary alicyclic amines) is 1. The van der Waals surface area contributed by atoms with Gasteiger partial charge in [-0.05, 0) is 25.7 Å². The summed E-state index contributed by atoms with van der Waals surface area (Å²) in [5.74, 6) is 3.01. The van der Waals surface area contributed by atoms with Crippen LogP contribution in [-0.2, 0) is 6.54 Å². The van der Waals surface area contributed by atoms with Crippen LogP contribution in [0, 0.1) is 6.92 Å². The van der Waals surface area contributed by atoms with Crippen LogP contribution in [0.2, 0.25) is 0 Å². The van der Waals surface area contributed by atoms with E-state index < -0.39 is 0 Å². The molecule has 1 aliphatic carbocycles. The normalized spacial score (nSPS) is 19.1. The van der Waals surface area contributed by atoms with Gasteiger partial charge in [0.25, 0.3) is 0 Å². The summed E-state index contributed by atoms with van der Waals surface area (Å²) in [5.41, 5.74) is 0. The number of hydrogen-bond acceptors (Lipinski definition) is 8. The van der Waals surface area contributed by atoms with Gasteiger partial charge in [-0.3, -0.25) is 4.90 Å². The van der Waals surface area contributed by atoms with Gasteiger partial charge in [-0.1, -0.05) is 5.16 Å². The Labute approximate surface area is 147 Å². The number of piperidine rings is 1. The Hall–Kier alpha value is -2.22. The van der Waals surface area contributed by atoms with E-state index in [4.69, 9.17) is 9.26 Å². The van der Waals surface area contributed by atoms with Crippen LogP contribution in [0.25, 0.3) is 0 Å². The lowest BCUT2D eigenvalue weighted by Gasteiger charge is -2.39. The van der Waals surface area contributed by atoms with Crippen molar-refractivity contribution in [1.82, 2.24) is 25.0 Å². The summed E-state index contributed by atoms with van der Waals surface area (Å²) in [6, 6.07) is 3.07. The fraction of sp³-hybridized carbons (Fsp3) is 0.647. The molecule has 8 heteroatoms. The van der Waals surface area contributed by atoms with Crippen LogP contribution in [0.1, 0.15) is 37.4 Å². The van der Waals surface area contributed by atoms with Crippen molar-refractivity contribution in [2.45, 2.75) is 51.2 Å². The Kier molecular flexibility index (Phi) is 4.52. The second kappa shape index (κ2) is 6.95. The highest BCUT2D eigenvalue weighted by atomic mass is 16.5. The monoisotopic (exact) mass is 344 g/mol. The summed E-state index contributed by atoms with van der Waals surface area (Å²) in [4.78, 5) is 17.8. The molecular weight excluding hydrogens is 320 g/mol. The maximum absolute atomic E-state index is 5.27. The molecule has 1 aliphatic heterocycles. The van der Waals surface area contributed by atoms with E-state index in [-0.39, 0.29) is 0 Å². The van der Waals surface area contributed by atoms with Crippen LogP contribution in [0.4, 0.5) is 5.82 Å². The third-order valence-electron chi connectivity index (χ3n) is 4.93. The Bertz CT molecular complexity index is 709. The summed E-state index contributed by atoms with van der Waals surface area (Å²) in [6.07, 6.45) is 6.31. The Balaban J connectivity index is 1.40. The van der Waals surface area contributed by atoms with E-state index >= 15 is 0 Å². The molecule has 0 radical (unpaired) electrons. The number of anilines is 1. The molecule has 8 nitrogen and oxygen atoms in total. The zero-order chi connectivity index (χ0) is 17.2. The lowest BCUT2D eigenvalue weighted by atomic mass is 10.0. The number of hydrogen-bond donors (Lipinski definition) is 0. The molecule has 2 aliphatic rings. The van der Waals surface area contributed by atoms with Gasteiger partial charge in [0.05, 0.1) is 13.7 Å². The molecule has 0 atom stereocenters. The number of nitrogens with zero attached hydrogens (tertiary/aromatic N) is 6. The molecule has 3 heterocycles. The van der Waals surface area contributed by atoms with E-state index in [9.17, 15) is 0 Å². The van der Waals surface area contributed by atoms with Crippen molar-refractivity contribution in [3.05, 3.63) is 24.1 Å². The molecule has 0 unspecified atom stereocenters. The van der Waals surface area contributed by atoms with Gasteiger partial charge in [0, 0.05) is 38.2 Å². The quantitative estimate of drug-likeness (QED) is 0.785. The molecule has 1 saturated carbocycles. The minimum absolute atomic E-state index is 0.510. The van der Waals surface area contributed by atoms with Gasteiger partial charge in [0.15, 0.2) is 5.82 Å². The highest BCUT2D eigenvalue weighted by Gasteiger charge is 2.36. The summed E-state index contributed by atoms with van der Waals surface area (Å²) in [6.45, 7) is 4.65. The predicted octanol–water partition coefficient (Wildman–Crippen LogP) is 1.81. The van der Waals surface area contributed by atoms with E-state index in [1.807, 2.05) is 13.0 Å². The first-order valence-electron chi connectivity index (χ1n) is 8.89. The van der Waals surface area contributed by atoms with Gasteiger partial charge < -0.3 is 14.2 Å². The van der Waals surface area contributed by atoms with Crippen molar-refractivity contribution in [2.75, 3.05) is 25.1 Å². The lowest BCUT2D eigenvalue weighted by Crippen LogP contribution is -2.46. The largest absolute Gasteiger partial charge is 0.481 e. The molecule has 2 aromatic rings. The molecular formula is C17H24N6O2. The first kappa shape index (κ1) is 16.3. The summed E-state index contributed by atoms with van der Waals surface area (Å²) in [7, 11) is 1.64. The van der Waals surface area contributed by atoms with Gasteiger partial charge in [0.2, 0.25) is 11.8 Å². The number of aromatic nitrogens is 4. The fourth-order valence-electron chi connectivity index (χ4n) is 3.57. The van der Waals surface area contributed by atoms with Crippen molar-refractivity contribution in [3.63, 3.8) is 0 Å². The second-order valence-electron chi connectivity index (χ2n) is 6.79. The second-order valence-corrected chi connectivity index (χ2v) is 6.79. The predicted molar refractivity (Wildman–Crippen MR) is 91.4 cm³/mol. The van der Waals surface area contributed by atoms with E-state index in [0.717, 1.165) is 44.1 Å². The molecule has 2 fully saturated rings. The minimum atomic E-state index is 0.510. The molecule has 2 aromatic heterocycles. The maximum Gasteiger partial charge on any atom is 0.223 e. The molecule has 134 valence electrons. The minimum Gasteiger partial charge on any atom is -0.481 e. The Morgan fingerprint density at radius 1 is 1.20 bits per heavy atom. The first-order chi connectivity index (χ1) is 12.2. The van der Waals surface area contributed by atoms with E-state index in [2.05, 4.69) is 29.9 Å². The first-order valence-corrected chi connectivity index (χ1v) is 8.89. The van der Waals surface area contributed by atoms with E-state index in [0.29, 0.717) is 23.9 Å². The topological polar surface area (TPSA) is 80.4 Å². The van der Waals surface area contributed by atoms with Crippen molar-refractivity contribution < 1.29 is 9.26 Å². The number of methoxy groups -OCH3 is 1. The van der Waals surface area contributed by atoms with Crippen molar-refractivity contribution in [1.29, 1.82) is 0 Å². The number of aryl methyl sites for hydroxylation is 1. The van der Waals surface area contributed by atoms with Crippen LogP contribution in [0.3, 0.4) is 0 Å². The Morgan fingerprint density at radius 2 is 1.96 bits per heavy atom.